The highest BCUT2D eigenvalue weighted by molar-refractivity contribution is 5.98. The van der Waals surface area contributed by atoms with E-state index in [1.165, 1.54) is 37.5 Å². The first kappa shape index (κ1) is 21.4. The number of methoxy groups -OCH3 is 1. The molecule has 2 N–H and O–H groups in total. The van der Waals surface area contributed by atoms with Crippen LogP contribution in [0.3, 0.4) is 0 Å². The van der Waals surface area contributed by atoms with E-state index in [1.807, 2.05) is 6.92 Å². The van der Waals surface area contributed by atoms with Crippen molar-refractivity contribution in [3.63, 3.8) is 0 Å². The van der Waals surface area contributed by atoms with Crippen molar-refractivity contribution < 1.29 is 24.0 Å². The lowest BCUT2D eigenvalue weighted by molar-refractivity contribution is -0.384. The number of nitrogens with one attached hydrogen (secondary N) is 2. The number of hydrazine groups is 1. The lowest BCUT2D eigenvalue weighted by Gasteiger charge is -2.12. The first-order valence-electron chi connectivity index (χ1n) is 8.78. The Labute approximate surface area is 167 Å². The van der Waals surface area contributed by atoms with E-state index in [-0.39, 0.29) is 11.3 Å². The summed E-state index contributed by atoms with van der Waals surface area (Å²) in [5.74, 6) is -0.208. The van der Waals surface area contributed by atoms with Crippen LogP contribution in [0.5, 0.6) is 11.5 Å². The molecule has 0 aromatic heterocycles. The summed E-state index contributed by atoms with van der Waals surface area (Å²) in [4.78, 5) is 34.3. The largest absolute Gasteiger partial charge is 0.493 e. The van der Waals surface area contributed by atoms with Gasteiger partial charge in [-0.15, -0.1) is 0 Å². The number of carbonyl (C=O) groups excluding carboxylic acids is 2. The monoisotopic (exact) mass is 399 g/mol. The average Bonchev–Trinajstić information content (AvgIpc) is 2.74. The van der Waals surface area contributed by atoms with E-state index in [9.17, 15) is 19.7 Å². The molecule has 0 bridgehead atoms. The number of ether oxygens (including phenoxy) is 2. The molecule has 0 saturated heterocycles. The molecule has 0 aliphatic rings. The van der Waals surface area contributed by atoms with Crippen LogP contribution in [-0.4, -0.2) is 30.5 Å². The summed E-state index contributed by atoms with van der Waals surface area (Å²) in [6.45, 7) is 2.50. The minimum absolute atomic E-state index is 0.0822. The molecule has 2 aromatic rings. The maximum atomic E-state index is 12.2. The maximum Gasteiger partial charge on any atom is 0.270 e. The molecule has 0 radical (unpaired) electrons. The van der Waals surface area contributed by atoms with E-state index in [1.54, 1.807) is 18.2 Å². The molecule has 9 nitrogen and oxygen atoms in total. The third-order valence-corrected chi connectivity index (χ3v) is 3.69. The van der Waals surface area contributed by atoms with Crippen molar-refractivity contribution in [3.05, 3.63) is 69.8 Å². The summed E-state index contributed by atoms with van der Waals surface area (Å²) in [6.07, 6.45) is 3.39. The van der Waals surface area contributed by atoms with Crippen LogP contribution in [0.15, 0.2) is 48.5 Å². The van der Waals surface area contributed by atoms with Crippen LogP contribution in [0.1, 0.15) is 29.3 Å². The smallest absolute Gasteiger partial charge is 0.270 e. The Hall–Kier alpha value is -3.88. The van der Waals surface area contributed by atoms with Gasteiger partial charge in [-0.25, -0.2) is 0 Å². The van der Waals surface area contributed by atoms with Crippen LogP contribution in [0, 0.1) is 10.1 Å². The van der Waals surface area contributed by atoms with Crippen LogP contribution in [0.4, 0.5) is 5.69 Å². The molecule has 2 rings (SSSR count). The van der Waals surface area contributed by atoms with Gasteiger partial charge in [0.1, 0.15) is 0 Å². The van der Waals surface area contributed by atoms with Gasteiger partial charge in [0.15, 0.2) is 11.5 Å². The van der Waals surface area contributed by atoms with Gasteiger partial charge < -0.3 is 9.47 Å². The minimum Gasteiger partial charge on any atom is -0.493 e. The van der Waals surface area contributed by atoms with Gasteiger partial charge >= 0.3 is 0 Å². The molecule has 0 spiro atoms. The SMILES string of the molecule is CCCOc1ccc(C(=O)NNC(=O)/C=C/c2cccc([N+](=O)[O-])c2)cc1OC. The second kappa shape index (κ2) is 10.5. The number of carbonyl (C=O) groups is 2. The first-order chi connectivity index (χ1) is 13.9. The van der Waals surface area contributed by atoms with E-state index < -0.39 is 16.7 Å². The third kappa shape index (κ3) is 6.35. The van der Waals surface area contributed by atoms with Crippen molar-refractivity contribution >= 4 is 23.6 Å². The normalized spacial score (nSPS) is 10.4. The fourth-order valence-corrected chi connectivity index (χ4v) is 2.29. The molecule has 0 atom stereocenters. The predicted molar refractivity (Wildman–Crippen MR) is 107 cm³/mol. The molecule has 2 aromatic carbocycles. The van der Waals surface area contributed by atoms with Gasteiger partial charge in [-0.05, 0) is 36.3 Å². The molecule has 152 valence electrons. The number of hydrogen-bond donors (Lipinski definition) is 2. The van der Waals surface area contributed by atoms with Crippen molar-refractivity contribution in [2.45, 2.75) is 13.3 Å². The van der Waals surface area contributed by atoms with Crippen LogP contribution >= 0.6 is 0 Å². The lowest BCUT2D eigenvalue weighted by Crippen LogP contribution is -2.40. The molecular weight excluding hydrogens is 378 g/mol. The highest BCUT2D eigenvalue weighted by atomic mass is 16.6. The van der Waals surface area contributed by atoms with Crippen LogP contribution < -0.4 is 20.3 Å². The Morgan fingerprint density at radius 3 is 2.62 bits per heavy atom. The fraction of sp³-hybridized carbons (Fsp3) is 0.200. The highest BCUT2D eigenvalue weighted by Gasteiger charge is 2.11. The third-order valence-electron chi connectivity index (χ3n) is 3.69. The van der Waals surface area contributed by atoms with Crippen molar-refractivity contribution in [1.82, 2.24) is 10.9 Å². The standard InChI is InChI=1S/C20H21N3O6/c1-3-11-29-17-9-8-15(13-18(17)28-2)20(25)22-21-19(24)10-7-14-5-4-6-16(12-14)23(26)27/h4-10,12-13H,3,11H2,1-2H3,(H,21,24)(H,22,25)/b10-7+. The summed E-state index contributed by atoms with van der Waals surface area (Å²) >= 11 is 0. The van der Waals surface area contributed by atoms with Gasteiger partial charge in [-0.2, -0.15) is 0 Å². The number of rotatable bonds is 8. The van der Waals surface area contributed by atoms with Crippen molar-refractivity contribution in [2.75, 3.05) is 13.7 Å². The number of nitro groups is 1. The Kier molecular flexibility index (Phi) is 7.72. The van der Waals surface area contributed by atoms with Crippen molar-refractivity contribution in [1.29, 1.82) is 0 Å². The number of benzene rings is 2. The van der Waals surface area contributed by atoms with Gasteiger partial charge in [0.25, 0.3) is 17.5 Å². The van der Waals surface area contributed by atoms with E-state index in [4.69, 9.17) is 9.47 Å². The second-order valence-electron chi connectivity index (χ2n) is 5.84. The molecule has 2 amide bonds. The van der Waals surface area contributed by atoms with E-state index >= 15 is 0 Å². The minimum atomic E-state index is -0.597. The molecule has 0 heterocycles. The Morgan fingerprint density at radius 2 is 1.93 bits per heavy atom. The topological polar surface area (TPSA) is 120 Å². The second-order valence-corrected chi connectivity index (χ2v) is 5.84. The zero-order valence-corrected chi connectivity index (χ0v) is 16.0. The average molecular weight is 399 g/mol. The van der Waals surface area contributed by atoms with Crippen molar-refractivity contribution in [2.24, 2.45) is 0 Å². The molecular formula is C20H21N3O6. The molecule has 9 heteroatoms. The molecule has 0 aliphatic heterocycles. The summed E-state index contributed by atoms with van der Waals surface area (Å²) in [5.41, 5.74) is 5.20. The summed E-state index contributed by atoms with van der Waals surface area (Å²) in [5, 5.41) is 10.8. The quantitative estimate of drug-likeness (QED) is 0.400. The summed E-state index contributed by atoms with van der Waals surface area (Å²) < 4.78 is 10.8. The van der Waals surface area contributed by atoms with E-state index in [0.717, 1.165) is 12.5 Å². The molecule has 0 fully saturated rings. The zero-order chi connectivity index (χ0) is 21.2. The summed E-state index contributed by atoms with van der Waals surface area (Å²) in [7, 11) is 1.47. The Bertz CT molecular complexity index is 926. The Balaban J connectivity index is 1.95. The van der Waals surface area contributed by atoms with Crippen molar-refractivity contribution in [3.8, 4) is 11.5 Å². The fourth-order valence-electron chi connectivity index (χ4n) is 2.29. The number of amides is 2. The number of hydrogen-bond acceptors (Lipinski definition) is 6. The molecule has 0 unspecified atom stereocenters. The van der Waals surface area contributed by atoms with Gasteiger partial charge in [0.05, 0.1) is 18.6 Å². The van der Waals surface area contributed by atoms with Crippen LogP contribution in [0.25, 0.3) is 6.08 Å². The van der Waals surface area contributed by atoms with E-state index in [0.29, 0.717) is 23.7 Å². The molecule has 0 saturated carbocycles. The zero-order valence-electron chi connectivity index (χ0n) is 16.0. The van der Waals surface area contributed by atoms with Gasteiger partial charge in [0, 0.05) is 23.8 Å². The summed E-state index contributed by atoms with van der Waals surface area (Å²) in [6, 6.07) is 10.5. The predicted octanol–water partition coefficient (Wildman–Crippen LogP) is 2.87. The van der Waals surface area contributed by atoms with Gasteiger partial charge in [-0.1, -0.05) is 19.1 Å². The number of non-ortho nitro benzene ring substituents is 1. The highest BCUT2D eigenvalue weighted by Crippen LogP contribution is 2.28. The van der Waals surface area contributed by atoms with E-state index in [2.05, 4.69) is 10.9 Å². The first-order valence-corrected chi connectivity index (χ1v) is 8.78. The maximum absolute atomic E-state index is 12.2. The number of nitro benzene ring substituents is 1. The molecule has 29 heavy (non-hydrogen) atoms. The Morgan fingerprint density at radius 1 is 1.14 bits per heavy atom. The van der Waals surface area contributed by atoms with Gasteiger partial charge in [-0.3, -0.25) is 30.6 Å². The lowest BCUT2D eigenvalue weighted by atomic mass is 10.2. The number of nitrogens with zero attached hydrogens (tertiary/aromatic N) is 1. The van der Waals surface area contributed by atoms with Gasteiger partial charge in [0.2, 0.25) is 0 Å². The molecule has 0 aliphatic carbocycles. The van der Waals surface area contributed by atoms with Crippen LogP contribution in [0.2, 0.25) is 0 Å². The van der Waals surface area contributed by atoms with Crippen LogP contribution in [-0.2, 0) is 4.79 Å².